The minimum absolute atomic E-state index is 0.0377. The zero-order valence-electron chi connectivity index (χ0n) is 13.7. The largest absolute Gasteiger partial charge is 0.349 e. The first kappa shape index (κ1) is 18.1. The van der Waals surface area contributed by atoms with Gasteiger partial charge in [-0.25, -0.2) is 0 Å². The minimum Gasteiger partial charge on any atom is -0.349 e. The maximum absolute atomic E-state index is 12.1. The first-order valence-corrected chi connectivity index (χ1v) is 9.59. The van der Waals surface area contributed by atoms with Crippen molar-refractivity contribution in [1.82, 2.24) is 5.32 Å². The van der Waals surface area contributed by atoms with Gasteiger partial charge in [0.25, 0.3) is 0 Å². The Morgan fingerprint density at radius 2 is 1.87 bits per heavy atom. The third-order valence-electron chi connectivity index (χ3n) is 3.69. The molecule has 4 heteroatoms. The maximum atomic E-state index is 12.1. The summed E-state index contributed by atoms with van der Waals surface area (Å²) in [7, 11) is 0. The van der Waals surface area contributed by atoms with Gasteiger partial charge in [-0.1, -0.05) is 51.8 Å². The molecule has 0 saturated heterocycles. The van der Waals surface area contributed by atoms with Gasteiger partial charge in [0.2, 0.25) is 5.91 Å². The number of aryl methyl sites for hydroxylation is 2. The van der Waals surface area contributed by atoms with Crippen molar-refractivity contribution in [2.75, 3.05) is 5.75 Å². The summed E-state index contributed by atoms with van der Waals surface area (Å²) in [4.78, 5) is 12.1. The fraction of sp³-hybridized carbons (Fsp3) is 0.316. The molecule has 1 amide bonds. The number of benzene rings is 2. The molecule has 0 bridgehead atoms. The zero-order chi connectivity index (χ0) is 16.8. The number of carbonyl (C=O) groups is 1. The lowest BCUT2D eigenvalue weighted by Crippen LogP contribution is -2.28. The van der Waals surface area contributed by atoms with Crippen molar-refractivity contribution in [3.05, 3.63) is 69.2 Å². The quantitative estimate of drug-likeness (QED) is 0.734. The predicted octanol–water partition coefficient (Wildman–Crippen LogP) is 5.18. The summed E-state index contributed by atoms with van der Waals surface area (Å²) < 4.78 is 1.08. The number of carbonyl (C=O) groups excluding carboxylic acids is 1. The monoisotopic (exact) mass is 391 g/mol. The van der Waals surface area contributed by atoms with E-state index in [0.717, 1.165) is 10.2 Å². The van der Waals surface area contributed by atoms with Crippen molar-refractivity contribution in [3.63, 3.8) is 0 Å². The Kier molecular flexibility index (Phi) is 6.72. The lowest BCUT2D eigenvalue weighted by Gasteiger charge is -2.17. The zero-order valence-corrected chi connectivity index (χ0v) is 16.1. The van der Waals surface area contributed by atoms with E-state index in [1.807, 2.05) is 19.1 Å². The summed E-state index contributed by atoms with van der Waals surface area (Å²) in [5, 5.41) is 3.09. The lowest BCUT2D eigenvalue weighted by molar-refractivity contribution is -0.119. The highest BCUT2D eigenvalue weighted by molar-refractivity contribution is 9.10. The number of rotatable bonds is 6. The fourth-order valence-corrected chi connectivity index (χ4v) is 3.49. The van der Waals surface area contributed by atoms with Gasteiger partial charge in [-0.3, -0.25) is 4.79 Å². The molecule has 0 spiro atoms. The maximum Gasteiger partial charge on any atom is 0.230 e. The van der Waals surface area contributed by atoms with Gasteiger partial charge < -0.3 is 5.32 Å². The highest BCUT2D eigenvalue weighted by Crippen LogP contribution is 2.20. The average Bonchev–Trinajstić information content (AvgIpc) is 2.51. The van der Waals surface area contributed by atoms with Crippen molar-refractivity contribution in [3.8, 4) is 0 Å². The Labute approximate surface area is 151 Å². The second-order valence-electron chi connectivity index (χ2n) is 5.77. The van der Waals surface area contributed by atoms with Crippen molar-refractivity contribution >= 4 is 33.6 Å². The Bertz CT molecular complexity index is 670. The Morgan fingerprint density at radius 1 is 1.17 bits per heavy atom. The van der Waals surface area contributed by atoms with Gasteiger partial charge in [0.1, 0.15) is 0 Å². The van der Waals surface area contributed by atoms with Crippen molar-refractivity contribution in [2.24, 2.45) is 0 Å². The van der Waals surface area contributed by atoms with E-state index in [4.69, 9.17) is 0 Å². The molecule has 0 saturated carbocycles. The highest BCUT2D eigenvalue weighted by Gasteiger charge is 2.12. The number of nitrogens with one attached hydrogen (secondary N) is 1. The Hall–Kier alpha value is -1.26. The predicted molar refractivity (Wildman–Crippen MR) is 103 cm³/mol. The molecule has 0 aromatic heterocycles. The number of amides is 1. The second-order valence-corrected chi connectivity index (χ2v) is 7.67. The fourth-order valence-electron chi connectivity index (χ4n) is 2.43. The molecule has 0 radical (unpaired) electrons. The lowest BCUT2D eigenvalue weighted by atomic mass is 10.00. The van der Waals surface area contributed by atoms with E-state index in [-0.39, 0.29) is 11.9 Å². The summed E-state index contributed by atoms with van der Waals surface area (Å²) in [6.45, 7) is 6.20. The first-order valence-electron chi connectivity index (χ1n) is 7.64. The van der Waals surface area contributed by atoms with Gasteiger partial charge in [-0.05, 0) is 49.6 Å². The second kappa shape index (κ2) is 8.55. The standard InChI is InChI=1S/C19H22BrNOS/c1-13-4-5-14(2)18(10-13)15(3)21-19(22)12-23-11-16-6-8-17(20)9-7-16/h4-10,15H,11-12H2,1-3H3,(H,21,22)/t15-/m0/s1. The Morgan fingerprint density at radius 3 is 2.57 bits per heavy atom. The van der Waals surface area contributed by atoms with Crippen LogP contribution in [0.2, 0.25) is 0 Å². The van der Waals surface area contributed by atoms with Crippen LogP contribution in [-0.4, -0.2) is 11.7 Å². The molecular weight excluding hydrogens is 370 g/mol. The number of hydrogen-bond donors (Lipinski definition) is 1. The van der Waals surface area contributed by atoms with Crippen LogP contribution in [0, 0.1) is 13.8 Å². The van der Waals surface area contributed by atoms with Crippen LogP contribution in [0.3, 0.4) is 0 Å². The van der Waals surface area contributed by atoms with Crippen LogP contribution >= 0.6 is 27.7 Å². The van der Waals surface area contributed by atoms with E-state index < -0.39 is 0 Å². The summed E-state index contributed by atoms with van der Waals surface area (Å²) in [6.07, 6.45) is 0. The smallest absolute Gasteiger partial charge is 0.230 e. The molecule has 0 unspecified atom stereocenters. The van der Waals surface area contributed by atoms with Crippen molar-refractivity contribution < 1.29 is 4.79 Å². The SMILES string of the molecule is Cc1ccc(C)c([C@H](C)NC(=O)CSCc2ccc(Br)cc2)c1. The van der Waals surface area contributed by atoms with Crippen LogP contribution in [0.5, 0.6) is 0 Å². The van der Waals surface area contributed by atoms with Gasteiger partial charge in [0.15, 0.2) is 0 Å². The number of halogens is 1. The molecule has 2 nitrogen and oxygen atoms in total. The van der Waals surface area contributed by atoms with Crippen LogP contribution < -0.4 is 5.32 Å². The normalized spacial score (nSPS) is 12.0. The van der Waals surface area contributed by atoms with E-state index in [0.29, 0.717) is 5.75 Å². The van der Waals surface area contributed by atoms with E-state index in [2.05, 4.69) is 65.4 Å². The molecule has 2 rings (SSSR count). The topological polar surface area (TPSA) is 29.1 Å². The summed E-state index contributed by atoms with van der Waals surface area (Å²) in [5.41, 5.74) is 4.85. The summed E-state index contributed by atoms with van der Waals surface area (Å²) >= 11 is 5.06. The molecule has 0 aliphatic carbocycles. The molecule has 0 fully saturated rings. The molecule has 0 aliphatic rings. The first-order chi connectivity index (χ1) is 11.0. The molecule has 122 valence electrons. The molecule has 2 aromatic rings. The van der Waals surface area contributed by atoms with Crippen molar-refractivity contribution in [2.45, 2.75) is 32.6 Å². The van der Waals surface area contributed by atoms with E-state index in [1.165, 1.54) is 22.3 Å². The van der Waals surface area contributed by atoms with Gasteiger partial charge in [0, 0.05) is 10.2 Å². The number of thioether (sulfide) groups is 1. The molecule has 23 heavy (non-hydrogen) atoms. The molecule has 0 aliphatic heterocycles. The minimum atomic E-state index is 0.0377. The Balaban J connectivity index is 1.82. The average molecular weight is 392 g/mol. The highest BCUT2D eigenvalue weighted by atomic mass is 79.9. The van der Waals surface area contributed by atoms with Gasteiger partial charge in [0.05, 0.1) is 11.8 Å². The van der Waals surface area contributed by atoms with Crippen molar-refractivity contribution in [1.29, 1.82) is 0 Å². The molecular formula is C19H22BrNOS. The molecule has 2 aromatic carbocycles. The molecule has 1 N–H and O–H groups in total. The van der Waals surface area contributed by atoms with Crippen LogP contribution in [0.15, 0.2) is 46.9 Å². The third kappa shape index (κ3) is 5.70. The van der Waals surface area contributed by atoms with Crippen LogP contribution in [-0.2, 0) is 10.5 Å². The van der Waals surface area contributed by atoms with Crippen LogP contribution in [0.4, 0.5) is 0 Å². The van der Waals surface area contributed by atoms with Gasteiger partial charge >= 0.3 is 0 Å². The number of hydrogen-bond acceptors (Lipinski definition) is 2. The van der Waals surface area contributed by atoms with Gasteiger partial charge in [-0.15, -0.1) is 11.8 Å². The third-order valence-corrected chi connectivity index (χ3v) is 5.23. The molecule has 1 atom stereocenters. The summed E-state index contributed by atoms with van der Waals surface area (Å²) in [6, 6.07) is 14.6. The van der Waals surface area contributed by atoms with Crippen LogP contribution in [0.25, 0.3) is 0 Å². The van der Waals surface area contributed by atoms with E-state index in [9.17, 15) is 4.79 Å². The van der Waals surface area contributed by atoms with Crippen LogP contribution in [0.1, 0.15) is 35.2 Å². The van der Waals surface area contributed by atoms with Gasteiger partial charge in [-0.2, -0.15) is 0 Å². The summed E-state index contributed by atoms with van der Waals surface area (Å²) in [5.74, 6) is 1.41. The van der Waals surface area contributed by atoms with E-state index >= 15 is 0 Å². The molecule has 0 heterocycles. The van der Waals surface area contributed by atoms with E-state index in [1.54, 1.807) is 11.8 Å².